The van der Waals surface area contributed by atoms with Gasteiger partial charge in [0.05, 0.1) is 0 Å². The summed E-state index contributed by atoms with van der Waals surface area (Å²) in [4.78, 5) is 0. The molecule has 0 aromatic heterocycles. The molecule has 0 aliphatic rings. The van der Waals surface area contributed by atoms with Crippen molar-refractivity contribution < 1.29 is 5.11 Å². The molecule has 1 N–H and O–H groups in total. The minimum Gasteiger partial charge on any atom is -0.508 e. The molecule has 3 aromatic rings. The van der Waals surface area contributed by atoms with Crippen LogP contribution in [0.15, 0.2) is 36.4 Å². The van der Waals surface area contributed by atoms with Gasteiger partial charge in [0.15, 0.2) is 0 Å². The lowest BCUT2D eigenvalue weighted by molar-refractivity contribution is 0.477. The van der Waals surface area contributed by atoms with Crippen molar-refractivity contribution >= 4 is 33.1 Å². The Morgan fingerprint density at radius 1 is 0.857 bits per heavy atom. The van der Waals surface area contributed by atoms with Crippen LogP contribution in [0.2, 0.25) is 5.02 Å². The number of hydrogen-bond acceptors (Lipinski definition) is 1. The summed E-state index contributed by atoms with van der Waals surface area (Å²) in [5, 5.41) is 14.3. The monoisotopic (exact) mass is 202 g/mol. The van der Waals surface area contributed by atoms with Gasteiger partial charge in [-0.1, -0.05) is 17.7 Å². The summed E-state index contributed by atoms with van der Waals surface area (Å²) in [6.45, 7) is 0. The molecule has 0 aliphatic heterocycles. The minimum absolute atomic E-state index is 0.292. The molecule has 2 heteroatoms. The fourth-order valence-corrected chi connectivity index (χ4v) is 2.09. The first-order chi connectivity index (χ1) is 6.74. The van der Waals surface area contributed by atoms with E-state index in [1.54, 1.807) is 12.1 Å². The van der Waals surface area contributed by atoms with E-state index in [1.807, 2.05) is 24.3 Å². The van der Waals surface area contributed by atoms with Gasteiger partial charge in [-0.15, -0.1) is 0 Å². The summed E-state index contributed by atoms with van der Waals surface area (Å²) in [5.74, 6) is 0.292. The molecule has 0 fully saturated rings. The van der Waals surface area contributed by atoms with Gasteiger partial charge in [0.2, 0.25) is 0 Å². The molecule has 68 valence electrons. The molecule has 0 heterocycles. The van der Waals surface area contributed by atoms with Crippen LogP contribution < -0.4 is 0 Å². The Labute approximate surface area is 85.9 Å². The van der Waals surface area contributed by atoms with E-state index in [-0.39, 0.29) is 0 Å². The number of phenolic OH excluding ortho intramolecular Hbond substituents is 1. The van der Waals surface area contributed by atoms with E-state index in [4.69, 9.17) is 11.6 Å². The summed E-state index contributed by atoms with van der Waals surface area (Å²) in [5.41, 5.74) is 0. The molecule has 0 aliphatic carbocycles. The fourth-order valence-electron chi connectivity index (χ4n) is 1.86. The highest BCUT2D eigenvalue weighted by atomic mass is 35.5. The minimum atomic E-state index is 0.292. The summed E-state index contributed by atoms with van der Waals surface area (Å²) >= 11 is 6.05. The van der Waals surface area contributed by atoms with Gasteiger partial charge in [-0.05, 0) is 46.5 Å². The van der Waals surface area contributed by atoms with Crippen molar-refractivity contribution in [2.24, 2.45) is 0 Å². The molecule has 0 unspecified atom stereocenters. The number of benzene rings is 3. The Kier molecular flexibility index (Phi) is 1.42. The second kappa shape index (κ2) is 2.52. The van der Waals surface area contributed by atoms with Crippen LogP contribution in [0.3, 0.4) is 0 Å². The van der Waals surface area contributed by atoms with Gasteiger partial charge in [0, 0.05) is 10.4 Å². The van der Waals surface area contributed by atoms with E-state index in [2.05, 4.69) is 0 Å². The molecule has 0 saturated carbocycles. The zero-order valence-electron chi connectivity index (χ0n) is 7.29. The third kappa shape index (κ3) is 0.962. The maximum atomic E-state index is 9.48. The third-order valence-corrected chi connectivity index (χ3v) is 2.86. The van der Waals surface area contributed by atoms with Crippen LogP contribution in [0.25, 0.3) is 21.5 Å². The van der Waals surface area contributed by atoms with Crippen molar-refractivity contribution in [3.8, 4) is 5.75 Å². The molecule has 0 atom stereocenters. The van der Waals surface area contributed by atoms with Gasteiger partial charge in [0.1, 0.15) is 5.75 Å². The number of fused-ring (bicyclic) bond motifs is 6. The lowest BCUT2D eigenvalue weighted by Crippen LogP contribution is -1.79. The van der Waals surface area contributed by atoms with E-state index in [1.165, 1.54) is 0 Å². The molecular formula is C12H7ClO. The third-order valence-electron chi connectivity index (χ3n) is 2.53. The highest BCUT2D eigenvalue weighted by molar-refractivity contribution is 6.36. The van der Waals surface area contributed by atoms with Crippen LogP contribution in [0, 0.1) is 0 Å². The van der Waals surface area contributed by atoms with E-state index in [0.29, 0.717) is 5.75 Å². The number of phenols is 1. The molecular weight excluding hydrogens is 196 g/mol. The molecule has 14 heavy (non-hydrogen) atoms. The lowest BCUT2D eigenvalue weighted by atomic mass is 10.0. The number of hydrogen-bond donors (Lipinski definition) is 1. The highest BCUT2D eigenvalue weighted by Gasteiger charge is 2.04. The van der Waals surface area contributed by atoms with Crippen LogP contribution in [-0.2, 0) is 0 Å². The quantitative estimate of drug-likeness (QED) is 0.588. The van der Waals surface area contributed by atoms with Gasteiger partial charge >= 0.3 is 0 Å². The van der Waals surface area contributed by atoms with Crippen LogP contribution in [-0.4, -0.2) is 5.11 Å². The zero-order chi connectivity index (χ0) is 9.71. The standard InChI is InChI=1S/C12H7ClO/c13-12-2-1-7-6-11(12)9-3-8(7)4-10(14)5-9/h1-6,14H. The van der Waals surface area contributed by atoms with Crippen molar-refractivity contribution in [3.05, 3.63) is 41.4 Å². The topological polar surface area (TPSA) is 20.2 Å². The van der Waals surface area contributed by atoms with E-state index >= 15 is 0 Å². The van der Waals surface area contributed by atoms with Crippen LogP contribution in [0.4, 0.5) is 0 Å². The average Bonchev–Trinajstić information content (AvgIpc) is 2.16. The van der Waals surface area contributed by atoms with Crippen molar-refractivity contribution in [1.82, 2.24) is 0 Å². The summed E-state index contributed by atoms with van der Waals surface area (Å²) in [6.07, 6.45) is 0. The average molecular weight is 203 g/mol. The predicted octanol–water partition coefficient (Wildman–Crippen LogP) is 3.79. The van der Waals surface area contributed by atoms with E-state index in [9.17, 15) is 5.11 Å². The summed E-state index contributed by atoms with van der Waals surface area (Å²) < 4.78 is 0. The fraction of sp³-hybridized carbons (Fsp3) is 0. The summed E-state index contributed by atoms with van der Waals surface area (Å²) in [6, 6.07) is 11.4. The van der Waals surface area contributed by atoms with Crippen molar-refractivity contribution in [1.29, 1.82) is 0 Å². The van der Waals surface area contributed by atoms with Gasteiger partial charge < -0.3 is 5.11 Å². The number of rotatable bonds is 0. The Bertz CT molecular complexity index is 616. The largest absolute Gasteiger partial charge is 0.508 e. The van der Waals surface area contributed by atoms with Gasteiger partial charge in [-0.3, -0.25) is 0 Å². The van der Waals surface area contributed by atoms with E-state index in [0.717, 1.165) is 26.6 Å². The lowest BCUT2D eigenvalue weighted by Gasteiger charge is -2.06. The first-order valence-electron chi connectivity index (χ1n) is 4.38. The van der Waals surface area contributed by atoms with Gasteiger partial charge in [-0.25, -0.2) is 0 Å². The van der Waals surface area contributed by atoms with Crippen molar-refractivity contribution in [2.75, 3.05) is 0 Å². The van der Waals surface area contributed by atoms with Gasteiger partial charge in [-0.2, -0.15) is 0 Å². The Morgan fingerprint density at radius 3 is 2.50 bits per heavy atom. The summed E-state index contributed by atoms with van der Waals surface area (Å²) in [7, 11) is 0. The molecule has 3 aromatic carbocycles. The molecule has 0 radical (unpaired) electrons. The van der Waals surface area contributed by atoms with Crippen LogP contribution >= 0.6 is 11.6 Å². The zero-order valence-corrected chi connectivity index (χ0v) is 8.05. The predicted molar refractivity (Wildman–Crippen MR) is 59.3 cm³/mol. The second-order valence-corrected chi connectivity index (χ2v) is 3.87. The Hall–Kier alpha value is -1.47. The Balaban J connectivity index is 2.66. The molecule has 3 rings (SSSR count). The van der Waals surface area contributed by atoms with Crippen molar-refractivity contribution in [2.45, 2.75) is 0 Å². The second-order valence-electron chi connectivity index (χ2n) is 3.46. The van der Waals surface area contributed by atoms with Crippen LogP contribution in [0.5, 0.6) is 5.75 Å². The maximum absolute atomic E-state index is 9.48. The van der Waals surface area contributed by atoms with Crippen molar-refractivity contribution in [3.63, 3.8) is 0 Å². The molecule has 0 saturated heterocycles. The highest BCUT2D eigenvalue weighted by Crippen LogP contribution is 2.32. The molecule has 0 amide bonds. The maximum Gasteiger partial charge on any atom is 0.116 e. The molecule has 0 spiro atoms. The number of halogens is 1. The van der Waals surface area contributed by atoms with Crippen LogP contribution in [0.1, 0.15) is 0 Å². The first-order valence-corrected chi connectivity index (χ1v) is 4.76. The van der Waals surface area contributed by atoms with Gasteiger partial charge in [0.25, 0.3) is 0 Å². The molecule has 4 bridgehead atoms. The normalized spacial score (nSPS) is 11.5. The van der Waals surface area contributed by atoms with E-state index < -0.39 is 0 Å². The number of aromatic hydroxyl groups is 1. The Morgan fingerprint density at radius 2 is 1.64 bits per heavy atom. The molecule has 1 nitrogen and oxygen atoms in total. The first kappa shape index (κ1) is 7.89. The smallest absolute Gasteiger partial charge is 0.116 e. The SMILES string of the molecule is Oc1cc2cc(c1)c1cc2ccc1Cl.